The van der Waals surface area contributed by atoms with Crippen LogP contribution in [0.3, 0.4) is 0 Å². The van der Waals surface area contributed by atoms with E-state index in [4.69, 9.17) is 4.74 Å². The summed E-state index contributed by atoms with van der Waals surface area (Å²) in [6.45, 7) is 5.94. The van der Waals surface area contributed by atoms with Crippen LogP contribution in [0.5, 0.6) is 0 Å². The molecular formula is C12H18N4O3S. The van der Waals surface area contributed by atoms with Crippen molar-refractivity contribution in [2.24, 2.45) is 0 Å². The van der Waals surface area contributed by atoms with Gasteiger partial charge in [0.2, 0.25) is 11.0 Å². The van der Waals surface area contributed by atoms with Crippen molar-refractivity contribution in [1.29, 1.82) is 0 Å². The van der Waals surface area contributed by atoms with Crippen LogP contribution < -0.4 is 5.32 Å². The molecule has 2 amide bonds. The first kappa shape index (κ1) is 14.7. The van der Waals surface area contributed by atoms with Gasteiger partial charge in [0.25, 0.3) is 0 Å². The van der Waals surface area contributed by atoms with Crippen molar-refractivity contribution in [3.05, 3.63) is 5.51 Å². The minimum absolute atomic E-state index is 0.245. The third kappa shape index (κ3) is 3.66. The highest BCUT2D eigenvalue weighted by Crippen LogP contribution is 2.22. The van der Waals surface area contributed by atoms with E-state index in [2.05, 4.69) is 15.5 Å². The molecule has 8 heteroatoms. The molecular weight excluding hydrogens is 280 g/mol. The van der Waals surface area contributed by atoms with Crippen LogP contribution in [-0.2, 0) is 9.53 Å². The standard InChI is InChI=1S/C12H18N4O3S/c1-12(2,3)19-11(18)16-6-4-5-8(16)9(17)14-10-15-13-7-20-10/h7-8H,4-6H2,1-3H3,(H,14,15,17)/t8-/m0/s1. The minimum Gasteiger partial charge on any atom is -0.444 e. The molecule has 0 unspecified atom stereocenters. The fourth-order valence-electron chi connectivity index (χ4n) is 1.99. The van der Waals surface area contributed by atoms with Crippen molar-refractivity contribution >= 4 is 28.5 Å². The van der Waals surface area contributed by atoms with Gasteiger partial charge in [0.15, 0.2) is 0 Å². The van der Waals surface area contributed by atoms with Crippen LogP contribution in [0.15, 0.2) is 5.51 Å². The van der Waals surface area contributed by atoms with Crippen LogP contribution in [0.25, 0.3) is 0 Å². The summed E-state index contributed by atoms with van der Waals surface area (Å²) in [6, 6.07) is -0.506. The third-order valence-electron chi connectivity index (χ3n) is 2.77. The van der Waals surface area contributed by atoms with Gasteiger partial charge in [-0.05, 0) is 33.6 Å². The Morgan fingerprint density at radius 3 is 2.85 bits per heavy atom. The van der Waals surface area contributed by atoms with E-state index < -0.39 is 17.7 Å². The summed E-state index contributed by atoms with van der Waals surface area (Å²) in [5.74, 6) is -0.245. The lowest BCUT2D eigenvalue weighted by atomic mass is 10.2. The summed E-state index contributed by atoms with van der Waals surface area (Å²) in [7, 11) is 0. The molecule has 2 heterocycles. The molecule has 0 spiro atoms. The number of hydrogen-bond donors (Lipinski definition) is 1. The number of aromatic nitrogens is 2. The molecule has 110 valence electrons. The highest BCUT2D eigenvalue weighted by atomic mass is 32.1. The van der Waals surface area contributed by atoms with Crippen LogP contribution in [-0.4, -0.2) is 45.3 Å². The van der Waals surface area contributed by atoms with Crippen LogP contribution >= 0.6 is 11.3 Å². The van der Waals surface area contributed by atoms with E-state index in [-0.39, 0.29) is 5.91 Å². The topological polar surface area (TPSA) is 84.4 Å². The van der Waals surface area contributed by atoms with Crippen molar-refractivity contribution in [1.82, 2.24) is 15.1 Å². The van der Waals surface area contributed by atoms with Gasteiger partial charge in [-0.3, -0.25) is 15.0 Å². The number of carbonyl (C=O) groups excluding carboxylic acids is 2. The number of carbonyl (C=O) groups is 2. The van der Waals surface area contributed by atoms with Gasteiger partial charge in [0.1, 0.15) is 17.2 Å². The fraction of sp³-hybridized carbons (Fsp3) is 0.667. The highest BCUT2D eigenvalue weighted by molar-refractivity contribution is 7.13. The lowest BCUT2D eigenvalue weighted by Crippen LogP contribution is -2.45. The van der Waals surface area contributed by atoms with E-state index >= 15 is 0 Å². The highest BCUT2D eigenvalue weighted by Gasteiger charge is 2.36. The Balaban J connectivity index is 1.99. The van der Waals surface area contributed by atoms with Crippen LogP contribution in [0.1, 0.15) is 33.6 Å². The molecule has 1 aromatic rings. The molecule has 7 nitrogen and oxygen atoms in total. The molecule has 2 rings (SSSR count). The first-order valence-corrected chi connectivity index (χ1v) is 7.31. The Labute approximate surface area is 121 Å². The molecule has 0 saturated carbocycles. The summed E-state index contributed by atoms with van der Waals surface area (Å²) in [4.78, 5) is 25.7. The van der Waals surface area contributed by atoms with Crippen molar-refractivity contribution < 1.29 is 14.3 Å². The largest absolute Gasteiger partial charge is 0.444 e. The predicted octanol–water partition coefficient (Wildman–Crippen LogP) is 1.88. The molecule has 1 N–H and O–H groups in total. The maximum Gasteiger partial charge on any atom is 0.410 e. The minimum atomic E-state index is -0.570. The van der Waals surface area contributed by atoms with Crippen LogP contribution in [0, 0.1) is 0 Å². The second-order valence-electron chi connectivity index (χ2n) is 5.56. The van der Waals surface area contributed by atoms with Crippen LogP contribution in [0.2, 0.25) is 0 Å². The van der Waals surface area contributed by atoms with Crippen molar-refractivity contribution in [2.45, 2.75) is 45.3 Å². The lowest BCUT2D eigenvalue weighted by molar-refractivity contribution is -0.120. The number of nitrogens with zero attached hydrogens (tertiary/aromatic N) is 3. The third-order valence-corrected chi connectivity index (χ3v) is 3.38. The normalized spacial score (nSPS) is 18.9. The Morgan fingerprint density at radius 2 is 2.25 bits per heavy atom. The second-order valence-corrected chi connectivity index (χ2v) is 6.40. The van der Waals surface area contributed by atoms with Gasteiger partial charge >= 0.3 is 6.09 Å². The molecule has 0 aliphatic carbocycles. The first-order valence-electron chi connectivity index (χ1n) is 6.43. The maximum absolute atomic E-state index is 12.2. The lowest BCUT2D eigenvalue weighted by Gasteiger charge is -2.27. The monoisotopic (exact) mass is 298 g/mol. The molecule has 20 heavy (non-hydrogen) atoms. The van der Waals surface area contributed by atoms with E-state index in [1.807, 2.05) is 0 Å². The molecule has 1 aliphatic rings. The van der Waals surface area contributed by atoms with Gasteiger partial charge in [0, 0.05) is 6.54 Å². The van der Waals surface area contributed by atoms with Crippen LogP contribution in [0.4, 0.5) is 9.93 Å². The summed E-state index contributed by atoms with van der Waals surface area (Å²) >= 11 is 1.24. The van der Waals surface area contributed by atoms with E-state index in [1.165, 1.54) is 21.7 Å². The number of ether oxygens (including phenoxy) is 1. The Kier molecular flexibility index (Phi) is 4.22. The van der Waals surface area contributed by atoms with Crippen molar-refractivity contribution in [3.8, 4) is 0 Å². The Bertz CT molecular complexity index is 483. The predicted molar refractivity (Wildman–Crippen MR) is 74.5 cm³/mol. The van der Waals surface area contributed by atoms with Gasteiger partial charge in [-0.25, -0.2) is 4.79 Å². The number of hydrogen-bond acceptors (Lipinski definition) is 6. The zero-order chi connectivity index (χ0) is 14.8. The molecule has 1 atom stereocenters. The van der Waals surface area contributed by atoms with E-state index in [1.54, 1.807) is 20.8 Å². The molecule has 0 bridgehead atoms. The van der Waals surface area contributed by atoms with Crippen molar-refractivity contribution in [3.63, 3.8) is 0 Å². The second kappa shape index (κ2) is 5.74. The number of nitrogens with one attached hydrogen (secondary N) is 1. The van der Waals surface area contributed by atoms with Gasteiger partial charge in [-0.1, -0.05) is 11.3 Å². The Hall–Kier alpha value is -1.70. The van der Waals surface area contributed by atoms with Gasteiger partial charge in [0.05, 0.1) is 0 Å². The first-order chi connectivity index (χ1) is 9.37. The average molecular weight is 298 g/mol. The molecule has 1 aliphatic heterocycles. The quantitative estimate of drug-likeness (QED) is 0.901. The average Bonchev–Trinajstić information content (AvgIpc) is 2.96. The fourth-order valence-corrected chi connectivity index (χ4v) is 2.44. The molecule has 1 fully saturated rings. The molecule has 0 radical (unpaired) electrons. The molecule has 1 saturated heterocycles. The van der Waals surface area contributed by atoms with E-state index in [0.717, 1.165) is 6.42 Å². The zero-order valence-electron chi connectivity index (χ0n) is 11.8. The Morgan fingerprint density at radius 1 is 1.50 bits per heavy atom. The number of likely N-dealkylation sites (tertiary alicyclic amines) is 1. The summed E-state index contributed by atoms with van der Waals surface area (Å²) in [5.41, 5.74) is 0.968. The molecule has 0 aromatic carbocycles. The van der Waals surface area contributed by atoms with E-state index in [9.17, 15) is 9.59 Å². The van der Waals surface area contributed by atoms with Gasteiger partial charge < -0.3 is 4.74 Å². The summed E-state index contributed by atoms with van der Waals surface area (Å²) < 4.78 is 5.32. The summed E-state index contributed by atoms with van der Waals surface area (Å²) in [6.07, 6.45) is 0.963. The number of amides is 2. The van der Waals surface area contributed by atoms with Gasteiger partial charge in [-0.2, -0.15) is 0 Å². The smallest absolute Gasteiger partial charge is 0.410 e. The number of rotatable bonds is 2. The summed E-state index contributed by atoms with van der Waals surface area (Å²) in [5, 5.41) is 10.5. The van der Waals surface area contributed by atoms with Gasteiger partial charge in [-0.15, -0.1) is 10.2 Å². The number of anilines is 1. The van der Waals surface area contributed by atoms with E-state index in [0.29, 0.717) is 18.1 Å². The zero-order valence-corrected chi connectivity index (χ0v) is 12.6. The maximum atomic E-state index is 12.2. The van der Waals surface area contributed by atoms with Crippen molar-refractivity contribution in [2.75, 3.05) is 11.9 Å². The molecule has 1 aromatic heterocycles. The SMILES string of the molecule is CC(C)(C)OC(=O)N1CCC[C@H]1C(=O)Nc1nncs1.